The highest BCUT2D eigenvalue weighted by Crippen LogP contribution is 2.22. The standard InChI is InChI=1S/C29H40FN3O/c30-27-14-12-26(13-15-27)23-33(29(34)31-28-10-5-2-6-11-28)19-7-18-32-20-16-25(17-21-32)22-24-8-3-1-4-9-24/h1,3-4,8-9,12-15,25,28H,2,5-7,10-11,16-23H2,(H,31,34). The van der Waals surface area contributed by atoms with Gasteiger partial charge in [0.2, 0.25) is 0 Å². The van der Waals surface area contributed by atoms with E-state index in [1.165, 1.54) is 56.2 Å². The van der Waals surface area contributed by atoms with E-state index in [1.54, 1.807) is 12.1 Å². The van der Waals surface area contributed by atoms with Crippen molar-refractivity contribution in [2.75, 3.05) is 26.2 Å². The largest absolute Gasteiger partial charge is 0.335 e. The fourth-order valence-electron chi connectivity index (χ4n) is 5.42. The van der Waals surface area contributed by atoms with Gasteiger partial charge in [0.05, 0.1) is 0 Å². The van der Waals surface area contributed by atoms with Crippen LogP contribution in [0.3, 0.4) is 0 Å². The normalized spacial score (nSPS) is 18.0. The van der Waals surface area contributed by atoms with Gasteiger partial charge in [-0.15, -0.1) is 0 Å². The molecule has 1 saturated heterocycles. The van der Waals surface area contributed by atoms with E-state index in [1.807, 2.05) is 4.90 Å². The Labute approximate surface area is 204 Å². The number of halogens is 1. The predicted molar refractivity (Wildman–Crippen MR) is 136 cm³/mol. The molecule has 1 aliphatic carbocycles. The Balaban J connectivity index is 1.24. The minimum Gasteiger partial charge on any atom is -0.335 e. The van der Waals surface area contributed by atoms with Crippen LogP contribution in [-0.4, -0.2) is 48.1 Å². The minimum atomic E-state index is -0.238. The highest BCUT2D eigenvalue weighted by molar-refractivity contribution is 5.74. The molecule has 1 aliphatic heterocycles. The highest BCUT2D eigenvalue weighted by atomic mass is 19.1. The van der Waals surface area contributed by atoms with Crippen molar-refractivity contribution < 1.29 is 9.18 Å². The Morgan fingerprint density at radius 2 is 1.62 bits per heavy atom. The molecule has 2 amide bonds. The van der Waals surface area contributed by atoms with Crippen LogP contribution in [0, 0.1) is 11.7 Å². The molecule has 0 radical (unpaired) electrons. The summed E-state index contributed by atoms with van der Waals surface area (Å²) in [5, 5.41) is 3.27. The fourth-order valence-corrected chi connectivity index (χ4v) is 5.42. The lowest BCUT2D eigenvalue weighted by Crippen LogP contribution is -2.46. The van der Waals surface area contributed by atoms with E-state index in [2.05, 4.69) is 40.5 Å². The van der Waals surface area contributed by atoms with Gasteiger partial charge in [0, 0.05) is 19.1 Å². The van der Waals surface area contributed by atoms with Gasteiger partial charge >= 0.3 is 6.03 Å². The lowest BCUT2D eigenvalue weighted by molar-refractivity contribution is 0.164. The second-order valence-electron chi connectivity index (χ2n) is 10.2. The third-order valence-corrected chi connectivity index (χ3v) is 7.48. The Bertz CT molecular complexity index is 859. The average Bonchev–Trinajstić information content (AvgIpc) is 2.87. The summed E-state index contributed by atoms with van der Waals surface area (Å²) in [6.45, 7) is 4.56. The Hall–Kier alpha value is -2.40. The van der Waals surface area contributed by atoms with Gasteiger partial charge in [0.15, 0.2) is 0 Å². The van der Waals surface area contributed by atoms with Crippen LogP contribution >= 0.6 is 0 Å². The summed E-state index contributed by atoms with van der Waals surface area (Å²) >= 11 is 0. The number of hydrogen-bond donors (Lipinski definition) is 1. The van der Waals surface area contributed by atoms with Gasteiger partial charge in [0.25, 0.3) is 0 Å². The molecule has 4 nitrogen and oxygen atoms in total. The van der Waals surface area contributed by atoms with Crippen molar-refractivity contribution in [2.24, 2.45) is 5.92 Å². The van der Waals surface area contributed by atoms with Crippen LogP contribution in [0.1, 0.15) is 62.5 Å². The average molecular weight is 466 g/mol. The summed E-state index contributed by atoms with van der Waals surface area (Å²) in [4.78, 5) is 17.6. The van der Waals surface area contributed by atoms with E-state index < -0.39 is 0 Å². The molecule has 34 heavy (non-hydrogen) atoms. The van der Waals surface area contributed by atoms with Gasteiger partial charge in [0.1, 0.15) is 5.82 Å². The number of urea groups is 1. The summed E-state index contributed by atoms with van der Waals surface area (Å²) in [7, 11) is 0. The molecule has 1 heterocycles. The zero-order valence-electron chi connectivity index (χ0n) is 20.4. The maximum atomic E-state index is 13.4. The maximum absolute atomic E-state index is 13.4. The molecular formula is C29H40FN3O. The molecule has 1 N–H and O–H groups in total. The monoisotopic (exact) mass is 465 g/mol. The number of nitrogens with zero attached hydrogens (tertiary/aromatic N) is 2. The van der Waals surface area contributed by atoms with Crippen molar-refractivity contribution in [3.05, 3.63) is 71.5 Å². The summed E-state index contributed by atoms with van der Waals surface area (Å²) in [6, 6.07) is 17.7. The molecule has 0 bridgehead atoms. The van der Waals surface area contributed by atoms with E-state index in [9.17, 15) is 9.18 Å². The number of carbonyl (C=O) groups excluding carboxylic acids is 1. The Kier molecular flexibility index (Phi) is 9.37. The van der Waals surface area contributed by atoms with Crippen molar-refractivity contribution >= 4 is 6.03 Å². The Morgan fingerprint density at radius 3 is 2.32 bits per heavy atom. The molecular weight excluding hydrogens is 425 g/mol. The maximum Gasteiger partial charge on any atom is 0.317 e. The summed E-state index contributed by atoms with van der Waals surface area (Å²) < 4.78 is 13.4. The first-order chi connectivity index (χ1) is 16.7. The van der Waals surface area contributed by atoms with Crippen LogP contribution < -0.4 is 5.32 Å². The van der Waals surface area contributed by atoms with E-state index in [4.69, 9.17) is 0 Å². The highest BCUT2D eigenvalue weighted by Gasteiger charge is 2.22. The molecule has 0 atom stereocenters. The number of hydrogen-bond acceptors (Lipinski definition) is 2. The number of rotatable bonds is 9. The molecule has 0 spiro atoms. The van der Waals surface area contributed by atoms with Crippen LogP contribution in [0.2, 0.25) is 0 Å². The lowest BCUT2D eigenvalue weighted by atomic mass is 9.90. The molecule has 0 unspecified atom stereocenters. The van der Waals surface area contributed by atoms with Crippen molar-refractivity contribution in [1.29, 1.82) is 0 Å². The van der Waals surface area contributed by atoms with Gasteiger partial charge in [-0.2, -0.15) is 0 Å². The number of amides is 2. The second kappa shape index (κ2) is 12.9. The number of benzene rings is 2. The molecule has 2 aromatic rings. The third kappa shape index (κ3) is 7.83. The minimum absolute atomic E-state index is 0.0257. The number of carbonyl (C=O) groups is 1. The van der Waals surface area contributed by atoms with Crippen LogP contribution in [0.15, 0.2) is 54.6 Å². The molecule has 4 rings (SSSR count). The quantitative estimate of drug-likeness (QED) is 0.492. The fraction of sp³-hybridized carbons (Fsp3) is 0.552. The predicted octanol–water partition coefficient (Wildman–Crippen LogP) is 6.01. The molecule has 184 valence electrons. The van der Waals surface area contributed by atoms with E-state index in [-0.39, 0.29) is 11.8 Å². The van der Waals surface area contributed by atoms with Crippen molar-refractivity contribution in [3.8, 4) is 0 Å². The lowest BCUT2D eigenvalue weighted by Gasteiger charge is -2.33. The first-order valence-electron chi connectivity index (χ1n) is 13.2. The number of piperidine rings is 1. The molecule has 2 aliphatic rings. The number of likely N-dealkylation sites (tertiary alicyclic amines) is 1. The van der Waals surface area contributed by atoms with Gasteiger partial charge in [-0.3, -0.25) is 0 Å². The number of nitrogens with one attached hydrogen (secondary N) is 1. The molecule has 0 aromatic heterocycles. The van der Waals surface area contributed by atoms with Gasteiger partial charge in [-0.25, -0.2) is 9.18 Å². The summed E-state index contributed by atoms with van der Waals surface area (Å²) in [6.07, 6.45) is 10.5. The molecule has 5 heteroatoms. The zero-order valence-corrected chi connectivity index (χ0v) is 20.4. The van der Waals surface area contributed by atoms with E-state index >= 15 is 0 Å². The topological polar surface area (TPSA) is 35.6 Å². The van der Waals surface area contributed by atoms with Crippen molar-refractivity contribution in [3.63, 3.8) is 0 Å². The van der Waals surface area contributed by atoms with Crippen LogP contribution in [0.4, 0.5) is 9.18 Å². The van der Waals surface area contributed by atoms with Crippen molar-refractivity contribution in [1.82, 2.24) is 15.1 Å². The van der Waals surface area contributed by atoms with Gasteiger partial charge in [-0.1, -0.05) is 61.7 Å². The SMILES string of the molecule is O=C(NC1CCCCC1)N(CCCN1CCC(Cc2ccccc2)CC1)Cc1ccc(F)cc1. The van der Waals surface area contributed by atoms with Crippen LogP contribution in [0.25, 0.3) is 0 Å². The van der Waals surface area contributed by atoms with Gasteiger partial charge in [-0.05, 0) is 87.3 Å². The van der Waals surface area contributed by atoms with Crippen molar-refractivity contribution in [2.45, 2.75) is 70.4 Å². The zero-order chi connectivity index (χ0) is 23.6. The van der Waals surface area contributed by atoms with Crippen LogP contribution in [0.5, 0.6) is 0 Å². The first kappa shape index (κ1) is 24.7. The summed E-state index contributed by atoms with van der Waals surface area (Å²) in [5.74, 6) is 0.535. The first-order valence-corrected chi connectivity index (χ1v) is 13.2. The smallest absolute Gasteiger partial charge is 0.317 e. The van der Waals surface area contributed by atoms with E-state index in [0.29, 0.717) is 12.6 Å². The third-order valence-electron chi connectivity index (χ3n) is 7.48. The summed E-state index contributed by atoms with van der Waals surface area (Å²) in [5.41, 5.74) is 2.42. The van der Waals surface area contributed by atoms with Gasteiger partial charge < -0.3 is 15.1 Å². The van der Waals surface area contributed by atoms with Crippen LogP contribution in [-0.2, 0) is 13.0 Å². The molecule has 1 saturated carbocycles. The molecule has 2 fully saturated rings. The Morgan fingerprint density at radius 1 is 0.912 bits per heavy atom. The van der Waals surface area contributed by atoms with E-state index in [0.717, 1.165) is 56.9 Å². The molecule has 2 aromatic carbocycles. The second-order valence-corrected chi connectivity index (χ2v) is 10.2.